The van der Waals surface area contributed by atoms with Crippen molar-refractivity contribution in [2.45, 2.75) is 6.42 Å². The van der Waals surface area contributed by atoms with Crippen LogP contribution in [0.2, 0.25) is 0 Å². The Bertz CT molecular complexity index is 781. The highest BCUT2D eigenvalue weighted by molar-refractivity contribution is 5.96. The topological polar surface area (TPSA) is 78.9 Å². The zero-order valence-corrected chi connectivity index (χ0v) is 13.6. The van der Waals surface area contributed by atoms with Crippen molar-refractivity contribution < 1.29 is 33.0 Å². The van der Waals surface area contributed by atoms with Gasteiger partial charge in [-0.25, -0.2) is 14.0 Å². The first-order chi connectivity index (χ1) is 11.9. The molecule has 0 spiro atoms. The van der Waals surface area contributed by atoms with Crippen LogP contribution >= 0.6 is 0 Å². The van der Waals surface area contributed by atoms with Gasteiger partial charge in [-0.3, -0.25) is 4.79 Å². The maximum Gasteiger partial charge on any atom is 0.338 e. The standard InChI is InChI=1S/C18H15FO6/c1-23-17(21)12-7-13(18(22)24-2)9-14(8-12)25-16(20)10-11-5-3-4-6-15(11)19/h3-9H,10H2,1-2H3. The quantitative estimate of drug-likeness (QED) is 0.611. The summed E-state index contributed by atoms with van der Waals surface area (Å²) < 4.78 is 27.9. The summed E-state index contributed by atoms with van der Waals surface area (Å²) in [5, 5.41) is 0. The zero-order valence-electron chi connectivity index (χ0n) is 13.6. The molecule has 0 aliphatic rings. The van der Waals surface area contributed by atoms with Crippen LogP contribution in [0.4, 0.5) is 4.39 Å². The number of hydrogen-bond acceptors (Lipinski definition) is 6. The Kier molecular flexibility index (Phi) is 5.84. The molecule has 0 heterocycles. The second-order valence-corrected chi connectivity index (χ2v) is 4.97. The summed E-state index contributed by atoms with van der Waals surface area (Å²) >= 11 is 0. The van der Waals surface area contributed by atoms with E-state index in [-0.39, 0.29) is 28.9 Å². The minimum absolute atomic E-state index is 0.0130. The largest absolute Gasteiger partial charge is 0.465 e. The highest BCUT2D eigenvalue weighted by atomic mass is 19.1. The van der Waals surface area contributed by atoms with Gasteiger partial charge in [0.1, 0.15) is 11.6 Å². The van der Waals surface area contributed by atoms with Crippen molar-refractivity contribution in [3.8, 4) is 5.75 Å². The molecule has 0 fully saturated rings. The summed E-state index contributed by atoms with van der Waals surface area (Å²) in [6.07, 6.45) is -0.303. The molecule has 0 atom stereocenters. The smallest absolute Gasteiger partial charge is 0.338 e. The van der Waals surface area contributed by atoms with E-state index in [4.69, 9.17) is 4.74 Å². The number of carbonyl (C=O) groups is 3. The number of benzene rings is 2. The number of esters is 3. The summed E-state index contributed by atoms with van der Waals surface area (Å²) in [5.74, 6) is -2.75. The summed E-state index contributed by atoms with van der Waals surface area (Å²) in [5.41, 5.74) is 0.197. The van der Waals surface area contributed by atoms with Crippen LogP contribution in [-0.2, 0) is 20.7 Å². The molecule has 0 radical (unpaired) electrons. The van der Waals surface area contributed by atoms with E-state index in [1.54, 1.807) is 6.07 Å². The average Bonchev–Trinajstić information content (AvgIpc) is 2.61. The van der Waals surface area contributed by atoms with Gasteiger partial charge in [0.05, 0.1) is 31.8 Å². The lowest BCUT2D eigenvalue weighted by atomic mass is 10.1. The van der Waals surface area contributed by atoms with E-state index in [1.807, 2.05) is 0 Å². The van der Waals surface area contributed by atoms with Crippen LogP contribution in [0.3, 0.4) is 0 Å². The van der Waals surface area contributed by atoms with Crippen molar-refractivity contribution in [3.63, 3.8) is 0 Å². The minimum Gasteiger partial charge on any atom is -0.465 e. The van der Waals surface area contributed by atoms with Crippen LogP contribution in [0.5, 0.6) is 5.75 Å². The molecule has 6 nitrogen and oxygen atoms in total. The molecule has 0 unspecified atom stereocenters. The molecule has 2 aromatic carbocycles. The van der Waals surface area contributed by atoms with Crippen LogP contribution in [0.1, 0.15) is 26.3 Å². The van der Waals surface area contributed by atoms with Crippen molar-refractivity contribution >= 4 is 17.9 Å². The fourth-order valence-corrected chi connectivity index (χ4v) is 2.09. The van der Waals surface area contributed by atoms with E-state index in [9.17, 15) is 18.8 Å². The van der Waals surface area contributed by atoms with E-state index in [2.05, 4.69) is 9.47 Å². The maximum atomic E-state index is 13.6. The first-order valence-electron chi connectivity index (χ1n) is 7.20. The molecule has 2 aromatic rings. The predicted octanol–water partition coefficient (Wildman–Crippen LogP) is 2.55. The number of hydrogen-bond donors (Lipinski definition) is 0. The number of methoxy groups -OCH3 is 2. The second kappa shape index (κ2) is 8.05. The predicted molar refractivity (Wildman–Crippen MR) is 84.9 cm³/mol. The first kappa shape index (κ1) is 18.1. The summed E-state index contributed by atoms with van der Waals surface area (Å²) in [6.45, 7) is 0. The lowest BCUT2D eigenvalue weighted by Gasteiger charge is -2.09. The lowest BCUT2D eigenvalue weighted by molar-refractivity contribution is -0.133. The molecule has 0 saturated carbocycles. The lowest BCUT2D eigenvalue weighted by Crippen LogP contribution is -2.14. The fraction of sp³-hybridized carbons (Fsp3) is 0.167. The van der Waals surface area contributed by atoms with Crippen LogP contribution in [0, 0.1) is 5.82 Å². The average molecular weight is 346 g/mol. The van der Waals surface area contributed by atoms with Gasteiger partial charge in [-0.15, -0.1) is 0 Å². The fourth-order valence-electron chi connectivity index (χ4n) is 2.09. The van der Waals surface area contributed by atoms with Crippen LogP contribution in [0.25, 0.3) is 0 Å². The molecule has 7 heteroatoms. The Balaban J connectivity index is 2.25. The van der Waals surface area contributed by atoms with Crippen molar-refractivity contribution in [1.82, 2.24) is 0 Å². The molecule has 0 amide bonds. The van der Waals surface area contributed by atoms with Gasteiger partial charge < -0.3 is 14.2 Å². The molecule has 0 saturated heterocycles. The number of rotatable bonds is 5. The molecular formula is C18H15FO6. The Morgan fingerprint density at radius 1 is 0.920 bits per heavy atom. The summed E-state index contributed by atoms with van der Waals surface area (Å²) in [6, 6.07) is 9.55. The Hall–Kier alpha value is -3.22. The van der Waals surface area contributed by atoms with Gasteiger partial charge in [0, 0.05) is 0 Å². The summed E-state index contributed by atoms with van der Waals surface area (Å²) in [4.78, 5) is 35.4. The first-order valence-corrected chi connectivity index (χ1v) is 7.20. The highest BCUT2D eigenvalue weighted by Crippen LogP contribution is 2.20. The van der Waals surface area contributed by atoms with Gasteiger partial charge in [0.15, 0.2) is 0 Å². The van der Waals surface area contributed by atoms with Crippen molar-refractivity contribution in [2.75, 3.05) is 14.2 Å². The highest BCUT2D eigenvalue weighted by Gasteiger charge is 2.17. The molecule has 130 valence electrons. The van der Waals surface area contributed by atoms with Gasteiger partial charge in [-0.1, -0.05) is 18.2 Å². The molecule has 25 heavy (non-hydrogen) atoms. The van der Waals surface area contributed by atoms with Crippen LogP contribution in [0.15, 0.2) is 42.5 Å². The molecule has 0 aliphatic heterocycles. The van der Waals surface area contributed by atoms with Gasteiger partial charge in [0.25, 0.3) is 0 Å². The molecular weight excluding hydrogens is 331 g/mol. The van der Waals surface area contributed by atoms with Gasteiger partial charge in [0.2, 0.25) is 0 Å². The van der Waals surface area contributed by atoms with Crippen molar-refractivity contribution in [2.24, 2.45) is 0 Å². The van der Waals surface area contributed by atoms with Gasteiger partial charge >= 0.3 is 17.9 Å². The molecule has 0 bridgehead atoms. The minimum atomic E-state index is -0.747. The molecule has 0 N–H and O–H groups in total. The molecule has 2 rings (SSSR count). The Labute approximate surface area is 143 Å². The number of halogens is 1. The summed E-state index contributed by atoms with van der Waals surface area (Å²) in [7, 11) is 2.36. The van der Waals surface area contributed by atoms with E-state index >= 15 is 0 Å². The Morgan fingerprint density at radius 2 is 1.48 bits per heavy atom. The van der Waals surface area contributed by atoms with E-state index in [1.165, 1.54) is 50.6 Å². The van der Waals surface area contributed by atoms with E-state index in [0.717, 1.165) is 0 Å². The normalized spacial score (nSPS) is 10.0. The number of ether oxygens (including phenoxy) is 3. The zero-order chi connectivity index (χ0) is 18.4. The SMILES string of the molecule is COC(=O)c1cc(OC(=O)Cc2ccccc2F)cc(C(=O)OC)c1. The maximum absolute atomic E-state index is 13.6. The second-order valence-electron chi connectivity index (χ2n) is 4.97. The van der Waals surface area contributed by atoms with E-state index in [0.29, 0.717) is 0 Å². The van der Waals surface area contributed by atoms with Crippen molar-refractivity contribution in [3.05, 3.63) is 65.0 Å². The van der Waals surface area contributed by atoms with E-state index < -0.39 is 23.7 Å². The third-order valence-corrected chi connectivity index (χ3v) is 3.27. The van der Waals surface area contributed by atoms with Gasteiger partial charge in [-0.05, 0) is 29.8 Å². The third-order valence-electron chi connectivity index (χ3n) is 3.27. The van der Waals surface area contributed by atoms with Crippen molar-refractivity contribution in [1.29, 1.82) is 0 Å². The van der Waals surface area contributed by atoms with Crippen LogP contribution < -0.4 is 4.74 Å². The third kappa shape index (κ3) is 4.63. The molecule has 0 aromatic heterocycles. The number of carbonyl (C=O) groups excluding carboxylic acids is 3. The monoisotopic (exact) mass is 346 g/mol. The molecule has 0 aliphatic carbocycles. The van der Waals surface area contributed by atoms with Gasteiger partial charge in [-0.2, -0.15) is 0 Å². The Morgan fingerprint density at radius 3 is 2.00 bits per heavy atom. The van der Waals surface area contributed by atoms with Crippen LogP contribution in [-0.4, -0.2) is 32.1 Å².